The van der Waals surface area contributed by atoms with Crippen LogP contribution >= 0.6 is 0 Å². The van der Waals surface area contributed by atoms with Crippen molar-refractivity contribution in [2.24, 2.45) is 35.1 Å². The lowest BCUT2D eigenvalue weighted by molar-refractivity contribution is -0.138. The molecule has 0 aromatic heterocycles. The average Bonchev–Trinajstić information content (AvgIpc) is 0.892. The Morgan fingerprint density at radius 1 is 0.306 bits per heavy atom. The minimum absolute atomic E-state index is 0.0338. The van der Waals surface area contributed by atoms with Gasteiger partial charge >= 0.3 is 0 Å². The second kappa shape index (κ2) is 56.7. The fourth-order valence-electron chi connectivity index (χ4n) is 11.6. The molecular formula is C71H135N15O12. The third-order valence-electron chi connectivity index (χ3n) is 17.2. The quantitative estimate of drug-likeness (QED) is 0.0389. The predicted molar refractivity (Wildman–Crippen MR) is 386 cm³/mol. The average molecular weight is 1390 g/mol. The molecular weight excluding hydrogens is 1250 g/mol. The molecule has 15 N–H and O–H groups in total. The van der Waals surface area contributed by atoms with Gasteiger partial charge in [-0.15, -0.1) is 0 Å². The van der Waals surface area contributed by atoms with E-state index < -0.39 is 145 Å². The third-order valence-corrected chi connectivity index (χ3v) is 17.2. The summed E-state index contributed by atoms with van der Waals surface area (Å²) in [7, 11) is 0. The number of Topliss-reactive ketones (excluding diaryl/α,β-unsaturated/α-hetero) is 3. The van der Waals surface area contributed by atoms with Gasteiger partial charge in [0.15, 0.2) is 0 Å². The van der Waals surface area contributed by atoms with Crippen molar-refractivity contribution < 1.29 is 57.5 Å². The number of ketones is 3. The van der Waals surface area contributed by atoms with Gasteiger partial charge < -0.3 is 70.0 Å². The molecule has 0 fully saturated rings. The molecule has 9 amide bonds. The van der Waals surface area contributed by atoms with Crippen LogP contribution in [0.1, 0.15) is 224 Å². The monoisotopic (exact) mass is 1390 g/mol. The largest absolute Gasteiger partial charge is 0.356 e. The Morgan fingerprint density at radius 2 is 0.673 bits per heavy atom. The number of rotatable bonds is 62. The minimum atomic E-state index is -1.72. The predicted octanol–water partition coefficient (Wildman–Crippen LogP) is 2.94. The number of carbonyl (C=O) groups excluding carboxylic acids is 12. The molecule has 0 saturated heterocycles. The lowest BCUT2D eigenvalue weighted by atomic mass is 9.84. The van der Waals surface area contributed by atoms with Gasteiger partial charge in [0.1, 0.15) is 29.4 Å². The van der Waals surface area contributed by atoms with Gasteiger partial charge in [0.2, 0.25) is 53.2 Å². The first-order valence-electron chi connectivity index (χ1n) is 37.1. The SMILES string of the molecule is CCCCCCNC(=O)CC(NC(=O)CC(CC(=O)C(CC(=O)CC(CC)C(=O)NCCCN(C(C)C)C(C)C)CC(=O)NCCCN(C(C)C)C(C)C)C(=O)NCCCCCC)C(=O)NC(CC(=O)CC(CC(=O)NCCNCCN)C(=O)NCCCC)C(=O)NCCNCCN. The molecule has 0 radical (unpaired) electrons. The summed E-state index contributed by atoms with van der Waals surface area (Å²) in [6, 6.07) is -2.20. The van der Waals surface area contributed by atoms with Crippen LogP contribution in [-0.4, -0.2) is 215 Å². The molecule has 0 aromatic carbocycles. The first-order chi connectivity index (χ1) is 46.7. The number of hydrogen-bond donors (Lipinski definition) is 13. The Hall–Kier alpha value is -6.00. The number of amides is 9. The van der Waals surface area contributed by atoms with Gasteiger partial charge in [-0.25, -0.2) is 0 Å². The molecule has 0 spiro atoms. The van der Waals surface area contributed by atoms with Gasteiger partial charge in [-0.1, -0.05) is 72.6 Å². The molecule has 6 unspecified atom stereocenters. The number of carbonyl (C=O) groups is 12. The van der Waals surface area contributed by atoms with Crippen molar-refractivity contribution in [3.8, 4) is 0 Å². The number of nitrogens with one attached hydrogen (secondary N) is 11. The van der Waals surface area contributed by atoms with Crippen molar-refractivity contribution in [2.45, 2.75) is 261 Å². The maximum atomic E-state index is 14.9. The van der Waals surface area contributed by atoms with E-state index >= 15 is 0 Å². The highest BCUT2D eigenvalue weighted by Gasteiger charge is 2.36. The second-order valence-corrected chi connectivity index (χ2v) is 27.1. The molecule has 27 heteroatoms. The molecule has 27 nitrogen and oxygen atoms in total. The van der Waals surface area contributed by atoms with E-state index in [9.17, 15) is 57.5 Å². The smallest absolute Gasteiger partial charge is 0.243 e. The number of nitrogens with zero attached hydrogens (tertiary/aromatic N) is 2. The maximum Gasteiger partial charge on any atom is 0.243 e. The first kappa shape index (κ1) is 92.0. The molecule has 0 bridgehead atoms. The summed E-state index contributed by atoms with van der Waals surface area (Å²) in [5.41, 5.74) is 11.2. The van der Waals surface area contributed by atoms with Crippen LogP contribution in [0.4, 0.5) is 0 Å². The zero-order valence-corrected chi connectivity index (χ0v) is 62.4. The standard InChI is InChI=1S/C71H135N15O12/c1-13-17-20-22-29-76-65(92)49-61(71(98)84-60(70(97)82-38-36-75-34-27-73)48-59(88)43-56(68(95)79-28-19-15-3)46-64(91)78-37-35-74-33-26-72)83-66(93)47-57(69(96)80-30-23-21-18-14-2)44-62(89)55(45-63(90)77-31-24-39-85(50(5)6)51(7)8)42-58(87)41-54(16-4)67(94)81-32-25-40-86(52(9)10)53(11)12/h50-57,60-61,74-75H,13-49,72-73H2,1-12H3,(H,76,92)(H,77,90)(H,78,91)(H,79,95)(H,80,96)(H,81,94)(H,82,97)(H,83,93)(H,84,98). The van der Waals surface area contributed by atoms with Gasteiger partial charge in [-0.2, -0.15) is 0 Å². The summed E-state index contributed by atoms with van der Waals surface area (Å²) in [5.74, 6) is -12.2. The van der Waals surface area contributed by atoms with Crippen LogP contribution in [0.5, 0.6) is 0 Å². The van der Waals surface area contributed by atoms with Crippen LogP contribution in [-0.2, 0) is 57.5 Å². The van der Waals surface area contributed by atoms with Crippen molar-refractivity contribution in [3.63, 3.8) is 0 Å². The van der Waals surface area contributed by atoms with Crippen LogP contribution < -0.4 is 70.0 Å². The third kappa shape index (κ3) is 44.2. The Kier molecular flexibility index (Phi) is 53.2. The van der Waals surface area contributed by atoms with Gasteiger partial charge in [-0.05, 0) is 93.9 Å². The highest BCUT2D eigenvalue weighted by molar-refractivity contribution is 5.99. The van der Waals surface area contributed by atoms with E-state index in [4.69, 9.17) is 11.5 Å². The topological polar surface area (TPSA) is 396 Å². The second-order valence-electron chi connectivity index (χ2n) is 27.1. The number of unbranched alkanes of at least 4 members (excludes halogenated alkanes) is 7. The normalized spacial score (nSPS) is 13.3. The Morgan fingerprint density at radius 3 is 1.16 bits per heavy atom. The summed E-state index contributed by atoms with van der Waals surface area (Å²) >= 11 is 0. The maximum absolute atomic E-state index is 14.9. The molecule has 98 heavy (non-hydrogen) atoms. The molecule has 566 valence electrons. The number of hydrogen-bond acceptors (Lipinski definition) is 18. The molecule has 0 aliphatic heterocycles. The fourth-order valence-corrected chi connectivity index (χ4v) is 11.6. The van der Waals surface area contributed by atoms with E-state index in [0.717, 1.165) is 51.5 Å². The van der Waals surface area contributed by atoms with Crippen molar-refractivity contribution in [1.82, 2.24) is 68.3 Å². The molecule has 0 aromatic rings. The van der Waals surface area contributed by atoms with Crippen LogP contribution in [0.2, 0.25) is 0 Å². The van der Waals surface area contributed by atoms with Crippen LogP contribution in [0.3, 0.4) is 0 Å². The molecule has 0 aliphatic carbocycles. The summed E-state index contributed by atoms with van der Waals surface area (Å²) < 4.78 is 0. The van der Waals surface area contributed by atoms with E-state index in [1.54, 1.807) is 6.92 Å². The molecule has 0 aliphatic rings. The highest BCUT2D eigenvalue weighted by Crippen LogP contribution is 2.23. The van der Waals surface area contributed by atoms with Crippen molar-refractivity contribution in [1.29, 1.82) is 0 Å². The van der Waals surface area contributed by atoms with Crippen molar-refractivity contribution >= 4 is 70.5 Å². The van der Waals surface area contributed by atoms with E-state index in [0.29, 0.717) is 103 Å². The molecule has 0 saturated carbocycles. The zero-order chi connectivity index (χ0) is 73.8. The summed E-state index contributed by atoms with van der Waals surface area (Å²) in [6.45, 7) is 30.1. The van der Waals surface area contributed by atoms with E-state index in [-0.39, 0.29) is 70.1 Å². The lowest BCUT2D eigenvalue weighted by Gasteiger charge is -2.30. The zero-order valence-electron chi connectivity index (χ0n) is 62.4. The Bertz CT molecular complexity index is 2310. The molecule has 0 rings (SSSR count). The van der Waals surface area contributed by atoms with Gasteiger partial charge in [0.25, 0.3) is 0 Å². The first-order valence-corrected chi connectivity index (χ1v) is 37.1. The van der Waals surface area contributed by atoms with Gasteiger partial charge in [0.05, 0.1) is 18.3 Å². The van der Waals surface area contributed by atoms with Gasteiger partial charge in [0, 0.05) is 186 Å². The van der Waals surface area contributed by atoms with Crippen LogP contribution in [0, 0.1) is 23.7 Å². The summed E-state index contributed by atoms with van der Waals surface area (Å²) in [4.78, 5) is 173. The minimum Gasteiger partial charge on any atom is -0.356 e. The van der Waals surface area contributed by atoms with Crippen LogP contribution in [0.25, 0.3) is 0 Å². The summed E-state index contributed by atoms with van der Waals surface area (Å²) in [6.07, 6.45) is 4.97. The van der Waals surface area contributed by atoms with E-state index in [2.05, 4.69) is 124 Å². The van der Waals surface area contributed by atoms with E-state index in [1.165, 1.54) is 0 Å². The van der Waals surface area contributed by atoms with E-state index in [1.807, 2.05) is 20.8 Å². The highest BCUT2D eigenvalue weighted by atomic mass is 16.2. The summed E-state index contributed by atoms with van der Waals surface area (Å²) in [5, 5.41) is 31.0. The fraction of sp³-hybridized carbons (Fsp3) is 0.831. The lowest BCUT2D eigenvalue weighted by Crippen LogP contribution is -2.56. The Balaban J connectivity index is 7.46. The van der Waals surface area contributed by atoms with Crippen LogP contribution in [0.15, 0.2) is 0 Å². The number of nitrogens with two attached hydrogens (primary N) is 2. The molecule has 6 atom stereocenters. The van der Waals surface area contributed by atoms with Crippen molar-refractivity contribution in [3.05, 3.63) is 0 Å². The Labute approximate surface area is 587 Å². The van der Waals surface area contributed by atoms with Gasteiger partial charge in [-0.3, -0.25) is 67.3 Å². The van der Waals surface area contributed by atoms with Crippen molar-refractivity contribution in [2.75, 3.05) is 98.2 Å². The molecule has 0 heterocycles.